The maximum atomic E-state index is 11.1. The van der Waals surface area contributed by atoms with Crippen LogP contribution in [0.3, 0.4) is 0 Å². The van der Waals surface area contributed by atoms with E-state index in [1.54, 1.807) is 12.1 Å². The first-order valence-electron chi connectivity index (χ1n) is 5.93. The number of hydrogen-bond acceptors (Lipinski definition) is 4. The van der Waals surface area contributed by atoms with E-state index in [9.17, 15) is 10.1 Å². The molecule has 2 N–H and O–H groups in total. The fourth-order valence-electron chi connectivity index (χ4n) is 2.29. The number of rotatable bonds is 2. The van der Waals surface area contributed by atoms with Gasteiger partial charge in [0.15, 0.2) is 0 Å². The Morgan fingerprint density at radius 2 is 2.28 bits per heavy atom. The Hall–Kier alpha value is -1.33. The second-order valence-corrected chi connectivity index (χ2v) is 5.20. The minimum absolute atomic E-state index is 0.0603. The van der Waals surface area contributed by atoms with Crippen LogP contribution in [-0.2, 0) is 0 Å². The molecule has 5 nitrogen and oxygen atoms in total. The predicted octanol–water partition coefficient (Wildman–Crippen LogP) is 2.42. The van der Waals surface area contributed by atoms with Gasteiger partial charge in [-0.1, -0.05) is 18.5 Å². The Morgan fingerprint density at radius 3 is 2.89 bits per heavy atom. The number of benzene rings is 1. The first kappa shape index (κ1) is 13.1. The van der Waals surface area contributed by atoms with Crippen molar-refractivity contribution in [2.75, 3.05) is 18.0 Å². The third kappa shape index (κ3) is 2.57. The summed E-state index contributed by atoms with van der Waals surface area (Å²) in [4.78, 5) is 12.7. The molecule has 1 fully saturated rings. The van der Waals surface area contributed by atoms with Crippen LogP contribution in [0.5, 0.6) is 0 Å². The minimum Gasteiger partial charge on any atom is -0.366 e. The van der Waals surface area contributed by atoms with Crippen LogP contribution >= 0.6 is 11.6 Å². The van der Waals surface area contributed by atoms with Gasteiger partial charge >= 0.3 is 0 Å². The van der Waals surface area contributed by atoms with Gasteiger partial charge in [-0.2, -0.15) is 0 Å². The van der Waals surface area contributed by atoms with E-state index in [0.717, 1.165) is 19.5 Å². The molecule has 1 aliphatic rings. The first-order chi connectivity index (χ1) is 8.49. The Labute approximate surface area is 111 Å². The molecule has 0 spiro atoms. The Bertz CT molecular complexity index is 467. The lowest BCUT2D eigenvalue weighted by molar-refractivity contribution is -0.384. The van der Waals surface area contributed by atoms with Crippen LogP contribution in [0.15, 0.2) is 18.2 Å². The summed E-state index contributed by atoms with van der Waals surface area (Å²) in [6, 6.07) is 4.97. The van der Waals surface area contributed by atoms with Gasteiger partial charge in [0.05, 0.1) is 4.92 Å². The number of anilines is 1. The number of nitrogens with zero attached hydrogens (tertiary/aromatic N) is 2. The Balaban J connectivity index is 2.30. The van der Waals surface area contributed by atoms with Crippen molar-refractivity contribution >= 4 is 23.0 Å². The third-order valence-electron chi connectivity index (χ3n) is 3.45. The fourth-order valence-corrected chi connectivity index (χ4v) is 2.46. The maximum Gasteiger partial charge on any atom is 0.294 e. The number of nitrogens with two attached hydrogens (primary N) is 1. The quantitative estimate of drug-likeness (QED) is 0.661. The zero-order valence-corrected chi connectivity index (χ0v) is 10.9. The monoisotopic (exact) mass is 269 g/mol. The van der Waals surface area contributed by atoms with Gasteiger partial charge in [-0.25, -0.2) is 0 Å². The van der Waals surface area contributed by atoms with Crippen molar-refractivity contribution in [3.05, 3.63) is 33.3 Å². The van der Waals surface area contributed by atoms with Crippen molar-refractivity contribution in [1.29, 1.82) is 0 Å². The summed E-state index contributed by atoms with van der Waals surface area (Å²) < 4.78 is 0. The molecule has 2 unspecified atom stereocenters. The molecule has 0 amide bonds. The van der Waals surface area contributed by atoms with Gasteiger partial charge < -0.3 is 10.6 Å². The Kier molecular flexibility index (Phi) is 3.73. The molecule has 1 aromatic rings. The van der Waals surface area contributed by atoms with Crippen molar-refractivity contribution in [2.24, 2.45) is 11.7 Å². The summed E-state index contributed by atoms with van der Waals surface area (Å²) in [5, 5.41) is 11.4. The molecule has 0 aromatic heterocycles. The maximum absolute atomic E-state index is 11.1. The van der Waals surface area contributed by atoms with Gasteiger partial charge in [0.1, 0.15) is 5.69 Å². The van der Waals surface area contributed by atoms with E-state index in [-0.39, 0.29) is 16.7 Å². The van der Waals surface area contributed by atoms with Gasteiger partial charge in [0.25, 0.3) is 5.69 Å². The van der Waals surface area contributed by atoms with Crippen LogP contribution in [0.2, 0.25) is 5.02 Å². The van der Waals surface area contributed by atoms with E-state index in [2.05, 4.69) is 6.92 Å². The predicted molar refractivity (Wildman–Crippen MR) is 72.1 cm³/mol. The number of nitro benzene ring substituents is 1. The van der Waals surface area contributed by atoms with E-state index in [4.69, 9.17) is 17.3 Å². The van der Waals surface area contributed by atoms with E-state index >= 15 is 0 Å². The number of hydrogen-bond donors (Lipinski definition) is 1. The molecule has 2 rings (SSSR count). The molecule has 1 saturated heterocycles. The minimum atomic E-state index is -0.388. The number of piperidine rings is 1. The summed E-state index contributed by atoms with van der Waals surface area (Å²) in [7, 11) is 0. The van der Waals surface area contributed by atoms with Crippen molar-refractivity contribution in [2.45, 2.75) is 19.4 Å². The zero-order chi connectivity index (χ0) is 13.3. The summed E-state index contributed by atoms with van der Waals surface area (Å²) in [6.07, 6.45) is 0.848. The van der Waals surface area contributed by atoms with Gasteiger partial charge in [0, 0.05) is 30.2 Å². The highest BCUT2D eigenvalue weighted by Crippen LogP contribution is 2.33. The van der Waals surface area contributed by atoms with Crippen molar-refractivity contribution in [1.82, 2.24) is 0 Å². The normalized spacial score (nSPS) is 24.1. The molecule has 0 aliphatic carbocycles. The molecule has 18 heavy (non-hydrogen) atoms. The summed E-state index contributed by atoms with van der Waals surface area (Å²) in [5.41, 5.74) is 6.65. The molecule has 1 aromatic carbocycles. The van der Waals surface area contributed by atoms with Crippen LogP contribution in [0.25, 0.3) is 0 Å². The number of halogens is 1. The molecule has 1 heterocycles. The fraction of sp³-hybridized carbons (Fsp3) is 0.500. The van der Waals surface area contributed by atoms with Crippen LogP contribution < -0.4 is 10.6 Å². The van der Waals surface area contributed by atoms with Crippen LogP contribution in [0.4, 0.5) is 11.4 Å². The van der Waals surface area contributed by atoms with Crippen molar-refractivity contribution < 1.29 is 4.92 Å². The molecular formula is C12H16ClN3O2. The average Bonchev–Trinajstić information content (AvgIpc) is 2.32. The second kappa shape index (κ2) is 5.12. The van der Waals surface area contributed by atoms with Gasteiger partial charge in [-0.15, -0.1) is 0 Å². The van der Waals surface area contributed by atoms with Gasteiger partial charge in [0.2, 0.25) is 0 Å². The van der Waals surface area contributed by atoms with Crippen LogP contribution in [0, 0.1) is 16.0 Å². The van der Waals surface area contributed by atoms with E-state index < -0.39 is 0 Å². The van der Waals surface area contributed by atoms with E-state index in [0.29, 0.717) is 16.6 Å². The van der Waals surface area contributed by atoms with Gasteiger partial charge in [-0.3, -0.25) is 10.1 Å². The Morgan fingerprint density at radius 1 is 1.56 bits per heavy atom. The lowest BCUT2D eigenvalue weighted by Gasteiger charge is -2.36. The molecule has 0 bridgehead atoms. The molecule has 0 radical (unpaired) electrons. The summed E-state index contributed by atoms with van der Waals surface area (Å²) >= 11 is 5.81. The molecule has 98 valence electrons. The third-order valence-corrected chi connectivity index (χ3v) is 3.68. The van der Waals surface area contributed by atoms with Crippen molar-refractivity contribution in [3.8, 4) is 0 Å². The lowest BCUT2D eigenvalue weighted by atomic mass is 9.94. The zero-order valence-electron chi connectivity index (χ0n) is 10.2. The first-order valence-corrected chi connectivity index (χ1v) is 6.31. The molecular weight excluding hydrogens is 254 g/mol. The molecule has 2 atom stereocenters. The highest BCUT2D eigenvalue weighted by molar-refractivity contribution is 6.30. The van der Waals surface area contributed by atoms with E-state index in [1.807, 2.05) is 4.90 Å². The molecule has 6 heteroatoms. The lowest BCUT2D eigenvalue weighted by Crippen LogP contribution is -2.46. The summed E-state index contributed by atoms with van der Waals surface area (Å²) in [5.74, 6) is 0.328. The largest absolute Gasteiger partial charge is 0.366 e. The SMILES string of the molecule is CC1CN(c2ccc(Cl)cc2[N+](=O)[O-])CCC1N. The molecule has 1 aliphatic heterocycles. The standard InChI is InChI=1S/C12H16ClN3O2/c1-8-7-15(5-4-10(8)14)11-3-2-9(13)6-12(11)16(17)18/h2-3,6,8,10H,4-5,7,14H2,1H3. The summed E-state index contributed by atoms with van der Waals surface area (Å²) in [6.45, 7) is 3.55. The second-order valence-electron chi connectivity index (χ2n) is 4.77. The highest BCUT2D eigenvalue weighted by Gasteiger charge is 2.27. The number of nitro groups is 1. The van der Waals surface area contributed by atoms with Crippen LogP contribution in [0.1, 0.15) is 13.3 Å². The average molecular weight is 270 g/mol. The topological polar surface area (TPSA) is 72.4 Å². The highest BCUT2D eigenvalue weighted by atomic mass is 35.5. The van der Waals surface area contributed by atoms with Crippen molar-refractivity contribution in [3.63, 3.8) is 0 Å². The van der Waals surface area contributed by atoms with Gasteiger partial charge in [-0.05, 0) is 24.5 Å². The van der Waals surface area contributed by atoms with Crippen LogP contribution in [-0.4, -0.2) is 24.1 Å². The van der Waals surface area contributed by atoms with E-state index in [1.165, 1.54) is 6.07 Å². The smallest absolute Gasteiger partial charge is 0.294 e. The molecule has 0 saturated carbocycles.